The van der Waals surface area contributed by atoms with Crippen molar-refractivity contribution >= 4 is 11.8 Å². The molecule has 0 amide bonds. The Hall–Kier alpha value is 0.270. The summed E-state index contributed by atoms with van der Waals surface area (Å²) in [6, 6.07) is 0. The van der Waals surface area contributed by atoms with Crippen molar-refractivity contribution in [2.24, 2.45) is 11.8 Å². The Morgan fingerprint density at radius 2 is 2.25 bits per heavy atom. The molecule has 0 bridgehead atoms. The molecule has 3 aliphatic rings. The molecule has 1 spiro atoms. The first-order chi connectivity index (χ1) is 7.77. The Morgan fingerprint density at radius 3 is 2.94 bits per heavy atom. The van der Waals surface area contributed by atoms with E-state index >= 15 is 0 Å². The van der Waals surface area contributed by atoms with E-state index in [2.05, 4.69) is 0 Å². The van der Waals surface area contributed by atoms with Gasteiger partial charge in [0.1, 0.15) is 0 Å². The average molecular weight is 242 g/mol. The number of ether oxygens (including phenoxy) is 1. The van der Waals surface area contributed by atoms with Crippen molar-refractivity contribution in [3.05, 3.63) is 0 Å². The third kappa shape index (κ3) is 2.41. The van der Waals surface area contributed by atoms with Gasteiger partial charge in [-0.1, -0.05) is 12.8 Å². The summed E-state index contributed by atoms with van der Waals surface area (Å²) >= 11 is 2.01. The predicted octanol–water partition coefficient (Wildman–Crippen LogP) is 2.45. The van der Waals surface area contributed by atoms with Gasteiger partial charge >= 0.3 is 0 Å². The Bertz CT molecular complexity index is 246. The molecule has 0 aromatic rings. The van der Waals surface area contributed by atoms with Gasteiger partial charge in [-0.05, 0) is 43.3 Å². The van der Waals surface area contributed by atoms with Crippen LogP contribution in [0.1, 0.15) is 38.5 Å². The van der Waals surface area contributed by atoms with Crippen LogP contribution in [0.15, 0.2) is 0 Å². The second-order valence-electron chi connectivity index (χ2n) is 5.83. The first kappa shape index (κ1) is 11.4. The molecule has 92 valence electrons. The summed E-state index contributed by atoms with van der Waals surface area (Å²) in [5, 5.41) is 10.3. The number of hydrogen-bond acceptors (Lipinski definition) is 3. The molecule has 3 atom stereocenters. The Labute approximate surface area is 102 Å². The minimum absolute atomic E-state index is 0.0566. The fourth-order valence-corrected chi connectivity index (χ4v) is 4.52. The summed E-state index contributed by atoms with van der Waals surface area (Å²) in [4.78, 5) is 0. The molecule has 1 aliphatic carbocycles. The highest BCUT2D eigenvalue weighted by Crippen LogP contribution is 2.43. The molecule has 1 N–H and O–H groups in total. The lowest BCUT2D eigenvalue weighted by atomic mass is 9.81. The first-order valence-electron chi connectivity index (χ1n) is 6.67. The highest BCUT2D eigenvalue weighted by molar-refractivity contribution is 7.99. The summed E-state index contributed by atoms with van der Waals surface area (Å²) in [6.07, 6.45) is 7.06. The Kier molecular flexibility index (Phi) is 3.20. The highest BCUT2D eigenvalue weighted by Gasteiger charge is 2.42. The predicted molar refractivity (Wildman–Crippen MR) is 66.7 cm³/mol. The summed E-state index contributed by atoms with van der Waals surface area (Å²) in [6.45, 7) is 0.868. The van der Waals surface area contributed by atoms with Crippen molar-refractivity contribution in [3.63, 3.8) is 0 Å². The van der Waals surface area contributed by atoms with Gasteiger partial charge in [-0.3, -0.25) is 0 Å². The highest BCUT2D eigenvalue weighted by atomic mass is 32.2. The summed E-state index contributed by atoms with van der Waals surface area (Å²) in [7, 11) is 0. The van der Waals surface area contributed by atoms with E-state index in [-0.39, 0.29) is 11.7 Å². The third-order valence-corrected chi connectivity index (χ3v) is 5.64. The molecular formula is C13H22O2S. The third-order valence-electron chi connectivity index (χ3n) is 4.41. The monoisotopic (exact) mass is 242 g/mol. The van der Waals surface area contributed by atoms with Gasteiger partial charge in [-0.2, -0.15) is 11.8 Å². The van der Waals surface area contributed by atoms with Crippen LogP contribution < -0.4 is 0 Å². The molecule has 3 unspecified atom stereocenters. The van der Waals surface area contributed by atoms with Crippen LogP contribution in [0.5, 0.6) is 0 Å². The van der Waals surface area contributed by atoms with E-state index in [1.807, 2.05) is 11.8 Å². The lowest BCUT2D eigenvalue weighted by Crippen LogP contribution is -2.43. The van der Waals surface area contributed by atoms with Crippen LogP contribution >= 0.6 is 11.8 Å². The maximum Gasteiger partial charge on any atom is 0.0783 e. The molecule has 3 fully saturated rings. The summed E-state index contributed by atoms with van der Waals surface area (Å²) < 4.78 is 6.00. The molecule has 16 heavy (non-hydrogen) atoms. The summed E-state index contributed by atoms with van der Waals surface area (Å²) in [5.41, 5.74) is 0.137. The SMILES string of the molecule is OC(CC1CC1)C1CCOC2(CCSC2)C1. The van der Waals surface area contributed by atoms with E-state index in [1.54, 1.807) is 0 Å². The van der Waals surface area contributed by atoms with Crippen LogP contribution in [0.4, 0.5) is 0 Å². The quantitative estimate of drug-likeness (QED) is 0.824. The fraction of sp³-hybridized carbons (Fsp3) is 1.00. The van der Waals surface area contributed by atoms with Crippen molar-refractivity contribution in [1.29, 1.82) is 0 Å². The number of rotatable bonds is 3. The molecule has 0 aromatic carbocycles. The maximum absolute atomic E-state index is 10.3. The Balaban J connectivity index is 1.57. The molecule has 2 saturated heterocycles. The first-order valence-corrected chi connectivity index (χ1v) is 7.83. The standard InChI is InChI=1S/C13H22O2S/c14-12(7-10-1-2-10)11-3-5-15-13(8-11)4-6-16-9-13/h10-12,14H,1-9H2. The lowest BCUT2D eigenvalue weighted by Gasteiger charge is -2.39. The van der Waals surface area contributed by atoms with Gasteiger partial charge in [-0.15, -0.1) is 0 Å². The Morgan fingerprint density at radius 1 is 1.38 bits per heavy atom. The van der Waals surface area contributed by atoms with Gasteiger partial charge in [0, 0.05) is 12.4 Å². The normalized spacial score (nSPS) is 41.4. The zero-order valence-corrected chi connectivity index (χ0v) is 10.7. The number of hydrogen-bond donors (Lipinski definition) is 1. The van der Waals surface area contributed by atoms with E-state index in [4.69, 9.17) is 4.74 Å². The van der Waals surface area contributed by atoms with Crippen molar-refractivity contribution in [2.75, 3.05) is 18.1 Å². The van der Waals surface area contributed by atoms with E-state index in [9.17, 15) is 5.11 Å². The zero-order valence-electron chi connectivity index (χ0n) is 9.86. The number of thioether (sulfide) groups is 1. The smallest absolute Gasteiger partial charge is 0.0783 e. The second kappa shape index (κ2) is 4.51. The average Bonchev–Trinajstić information content (AvgIpc) is 3.00. The van der Waals surface area contributed by atoms with E-state index < -0.39 is 0 Å². The molecule has 3 rings (SSSR count). The molecule has 2 nitrogen and oxygen atoms in total. The maximum atomic E-state index is 10.3. The van der Waals surface area contributed by atoms with Crippen LogP contribution in [0.2, 0.25) is 0 Å². The topological polar surface area (TPSA) is 29.5 Å². The van der Waals surface area contributed by atoms with Gasteiger partial charge in [0.25, 0.3) is 0 Å². The molecule has 3 heteroatoms. The molecule has 2 heterocycles. The van der Waals surface area contributed by atoms with Crippen LogP contribution in [-0.4, -0.2) is 34.9 Å². The minimum Gasteiger partial charge on any atom is -0.393 e. The summed E-state index contributed by atoms with van der Waals surface area (Å²) in [5.74, 6) is 3.74. The van der Waals surface area contributed by atoms with Crippen LogP contribution in [0.3, 0.4) is 0 Å². The molecular weight excluding hydrogens is 220 g/mol. The van der Waals surface area contributed by atoms with Crippen LogP contribution in [-0.2, 0) is 4.74 Å². The molecule has 0 radical (unpaired) electrons. The van der Waals surface area contributed by atoms with Gasteiger partial charge in [0.2, 0.25) is 0 Å². The largest absolute Gasteiger partial charge is 0.393 e. The second-order valence-corrected chi connectivity index (χ2v) is 6.94. The van der Waals surface area contributed by atoms with E-state index in [0.29, 0.717) is 5.92 Å². The van der Waals surface area contributed by atoms with Crippen molar-refractivity contribution in [3.8, 4) is 0 Å². The molecule has 2 aliphatic heterocycles. The van der Waals surface area contributed by atoms with E-state index in [1.165, 1.54) is 25.0 Å². The lowest BCUT2D eigenvalue weighted by molar-refractivity contribution is -0.102. The number of aliphatic hydroxyl groups is 1. The zero-order chi connectivity index (χ0) is 11.0. The van der Waals surface area contributed by atoms with Gasteiger partial charge < -0.3 is 9.84 Å². The van der Waals surface area contributed by atoms with Gasteiger partial charge in [-0.25, -0.2) is 0 Å². The van der Waals surface area contributed by atoms with E-state index in [0.717, 1.165) is 37.5 Å². The number of aliphatic hydroxyl groups excluding tert-OH is 1. The van der Waals surface area contributed by atoms with Gasteiger partial charge in [0.05, 0.1) is 11.7 Å². The molecule has 0 aromatic heterocycles. The van der Waals surface area contributed by atoms with Crippen molar-refractivity contribution in [1.82, 2.24) is 0 Å². The van der Waals surface area contributed by atoms with Gasteiger partial charge in [0.15, 0.2) is 0 Å². The van der Waals surface area contributed by atoms with Crippen molar-refractivity contribution < 1.29 is 9.84 Å². The minimum atomic E-state index is -0.0566. The van der Waals surface area contributed by atoms with Crippen LogP contribution in [0, 0.1) is 11.8 Å². The molecule has 1 saturated carbocycles. The van der Waals surface area contributed by atoms with Crippen molar-refractivity contribution in [2.45, 2.75) is 50.2 Å². The fourth-order valence-electron chi connectivity index (χ4n) is 3.14. The van der Waals surface area contributed by atoms with Crippen LogP contribution in [0.25, 0.3) is 0 Å².